The molecule has 0 N–H and O–H groups in total. The number of esters is 2. The first-order valence-electron chi connectivity index (χ1n) is 11.0. The van der Waals surface area contributed by atoms with Crippen LogP contribution in [0.15, 0.2) is 0 Å². The normalized spacial score (nSPS) is 10.8. The van der Waals surface area contributed by atoms with Gasteiger partial charge < -0.3 is 9.47 Å². The number of hydrogen-bond donors (Lipinski definition) is 0. The summed E-state index contributed by atoms with van der Waals surface area (Å²) in [6, 6.07) is 0. The summed E-state index contributed by atoms with van der Waals surface area (Å²) in [5.41, 5.74) is 7.74. The van der Waals surface area contributed by atoms with Crippen molar-refractivity contribution in [2.45, 2.75) is 69.2 Å². The maximum atomic E-state index is 14.2. The highest BCUT2D eigenvalue weighted by molar-refractivity contribution is 6.20. The second kappa shape index (κ2) is 9.68. The molecule has 2 aromatic rings. The van der Waals surface area contributed by atoms with E-state index >= 15 is 0 Å². The molecule has 0 fully saturated rings. The van der Waals surface area contributed by atoms with Gasteiger partial charge in [0.05, 0.1) is 24.3 Å². The summed E-state index contributed by atoms with van der Waals surface area (Å²) in [6.45, 7) is 19.0. The van der Waals surface area contributed by atoms with Crippen LogP contribution in [0.25, 0.3) is 0 Å². The highest BCUT2D eigenvalue weighted by Crippen LogP contribution is 2.34. The van der Waals surface area contributed by atoms with Crippen LogP contribution in [0.1, 0.15) is 95.0 Å². The molecule has 2 rings (SSSR count). The Morgan fingerprint density at radius 2 is 0.719 bits per heavy atom. The lowest BCUT2D eigenvalue weighted by molar-refractivity contribution is 0.0516. The van der Waals surface area contributed by atoms with Gasteiger partial charge in [-0.15, -0.1) is 0 Å². The number of carbonyl (C=O) groups is 3. The van der Waals surface area contributed by atoms with E-state index in [9.17, 15) is 14.4 Å². The van der Waals surface area contributed by atoms with Crippen LogP contribution in [0, 0.1) is 55.4 Å². The molecule has 0 aliphatic carbocycles. The van der Waals surface area contributed by atoms with Crippen molar-refractivity contribution in [1.82, 2.24) is 0 Å². The van der Waals surface area contributed by atoms with Crippen molar-refractivity contribution in [3.8, 4) is 0 Å². The fourth-order valence-corrected chi connectivity index (χ4v) is 4.23. The Balaban J connectivity index is 3.02. The number of benzene rings is 2. The third-order valence-electron chi connectivity index (χ3n) is 6.79. The minimum atomic E-state index is -0.532. The van der Waals surface area contributed by atoms with E-state index in [1.807, 2.05) is 55.4 Å². The van der Waals surface area contributed by atoms with Gasteiger partial charge >= 0.3 is 11.9 Å². The maximum absolute atomic E-state index is 14.2. The topological polar surface area (TPSA) is 69.7 Å². The average molecular weight is 439 g/mol. The van der Waals surface area contributed by atoms with Gasteiger partial charge in [-0.05, 0) is 114 Å². The third-order valence-corrected chi connectivity index (χ3v) is 6.79. The molecule has 0 heterocycles. The van der Waals surface area contributed by atoms with Crippen molar-refractivity contribution < 1.29 is 23.9 Å². The molecule has 0 amide bonds. The second-order valence-corrected chi connectivity index (χ2v) is 8.27. The molecule has 0 unspecified atom stereocenters. The molecule has 0 aliphatic heterocycles. The molecule has 32 heavy (non-hydrogen) atoms. The molecule has 0 aromatic heterocycles. The fraction of sp³-hybridized carbons (Fsp3) is 0.444. The summed E-state index contributed by atoms with van der Waals surface area (Å²) >= 11 is 0. The summed E-state index contributed by atoms with van der Waals surface area (Å²) in [4.78, 5) is 40.1. The first-order chi connectivity index (χ1) is 14.9. The lowest BCUT2D eigenvalue weighted by atomic mass is 9.81. The molecule has 0 saturated carbocycles. The Hall–Kier alpha value is -2.95. The molecular weight excluding hydrogens is 404 g/mol. The maximum Gasteiger partial charge on any atom is 0.339 e. The lowest BCUT2D eigenvalue weighted by Crippen LogP contribution is -2.23. The molecule has 0 spiro atoms. The molecule has 5 nitrogen and oxygen atoms in total. The quantitative estimate of drug-likeness (QED) is 0.425. The number of hydrogen-bond acceptors (Lipinski definition) is 5. The Labute approximate surface area is 191 Å². The van der Waals surface area contributed by atoms with E-state index in [0.29, 0.717) is 33.4 Å². The van der Waals surface area contributed by atoms with E-state index < -0.39 is 11.9 Å². The van der Waals surface area contributed by atoms with Crippen molar-refractivity contribution in [2.24, 2.45) is 0 Å². The highest BCUT2D eigenvalue weighted by Gasteiger charge is 2.32. The van der Waals surface area contributed by atoms with Crippen molar-refractivity contribution in [2.75, 3.05) is 13.2 Å². The van der Waals surface area contributed by atoms with Gasteiger partial charge in [0.25, 0.3) is 0 Å². The zero-order chi connectivity index (χ0) is 24.5. The van der Waals surface area contributed by atoms with E-state index in [1.165, 1.54) is 0 Å². The summed E-state index contributed by atoms with van der Waals surface area (Å²) in [5, 5.41) is 0. The van der Waals surface area contributed by atoms with Crippen LogP contribution in [-0.2, 0) is 9.47 Å². The smallest absolute Gasteiger partial charge is 0.339 e. The van der Waals surface area contributed by atoms with Crippen LogP contribution in [0.4, 0.5) is 0 Å². The molecule has 0 aliphatic rings. The zero-order valence-corrected chi connectivity index (χ0v) is 21.0. The van der Waals surface area contributed by atoms with E-state index in [2.05, 4.69) is 0 Å². The van der Waals surface area contributed by atoms with Gasteiger partial charge in [-0.1, -0.05) is 0 Å². The average Bonchev–Trinajstić information content (AvgIpc) is 2.75. The van der Waals surface area contributed by atoms with Crippen LogP contribution in [-0.4, -0.2) is 30.9 Å². The Morgan fingerprint density at radius 3 is 0.969 bits per heavy atom. The van der Waals surface area contributed by atoms with Crippen LogP contribution in [0.5, 0.6) is 0 Å². The lowest BCUT2D eigenvalue weighted by Gasteiger charge is -2.23. The first-order valence-corrected chi connectivity index (χ1v) is 11.0. The Bertz CT molecular complexity index is 1030. The minimum absolute atomic E-state index is 0.202. The number of rotatable bonds is 6. The monoisotopic (exact) mass is 438 g/mol. The van der Waals surface area contributed by atoms with Crippen molar-refractivity contribution in [3.63, 3.8) is 0 Å². The Morgan fingerprint density at radius 1 is 0.469 bits per heavy atom. The molecule has 0 bridgehead atoms. The predicted molar refractivity (Wildman–Crippen MR) is 126 cm³/mol. The molecular formula is C27H34O5. The van der Waals surface area contributed by atoms with Gasteiger partial charge in [-0.2, -0.15) is 0 Å². The molecule has 0 radical (unpaired) electrons. The minimum Gasteiger partial charge on any atom is -0.462 e. The summed E-state index contributed by atoms with van der Waals surface area (Å²) < 4.78 is 10.6. The summed E-state index contributed by atoms with van der Waals surface area (Å²) in [5.74, 6) is -1.42. The molecule has 0 atom stereocenters. The zero-order valence-electron chi connectivity index (χ0n) is 21.0. The number of ketones is 1. The van der Waals surface area contributed by atoms with Gasteiger partial charge in [-0.3, -0.25) is 4.79 Å². The van der Waals surface area contributed by atoms with Crippen molar-refractivity contribution >= 4 is 17.7 Å². The highest BCUT2D eigenvalue weighted by atomic mass is 16.5. The van der Waals surface area contributed by atoms with E-state index in [4.69, 9.17) is 9.47 Å². The van der Waals surface area contributed by atoms with Crippen LogP contribution >= 0.6 is 0 Å². The van der Waals surface area contributed by atoms with Gasteiger partial charge in [0.15, 0.2) is 5.78 Å². The van der Waals surface area contributed by atoms with Crippen molar-refractivity contribution in [3.05, 3.63) is 66.8 Å². The van der Waals surface area contributed by atoms with Gasteiger partial charge in [0.2, 0.25) is 0 Å². The van der Waals surface area contributed by atoms with Crippen LogP contribution < -0.4 is 0 Å². The molecule has 0 saturated heterocycles. The van der Waals surface area contributed by atoms with E-state index in [-0.39, 0.29) is 30.1 Å². The van der Waals surface area contributed by atoms with Crippen LogP contribution in [0.3, 0.4) is 0 Å². The number of carbonyl (C=O) groups excluding carboxylic acids is 3. The summed E-state index contributed by atoms with van der Waals surface area (Å²) in [6.07, 6.45) is 0. The molecule has 5 heteroatoms. The van der Waals surface area contributed by atoms with Gasteiger partial charge in [0, 0.05) is 11.1 Å². The molecule has 172 valence electrons. The van der Waals surface area contributed by atoms with Crippen LogP contribution in [0.2, 0.25) is 0 Å². The largest absolute Gasteiger partial charge is 0.462 e. The second-order valence-electron chi connectivity index (χ2n) is 8.27. The first kappa shape index (κ1) is 25.3. The third kappa shape index (κ3) is 4.08. The SMILES string of the molecule is CCOC(=O)c1c(C)c(C)c(C)c(C)c1C(=O)c1c(C)c(C)c(C)c(C)c1C(=O)OCC. The van der Waals surface area contributed by atoms with E-state index in [0.717, 1.165) is 22.3 Å². The standard InChI is InChI=1S/C27H34O5/c1-11-31-26(29)23-19(9)15(5)13(3)17(7)21(23)25(28)22-18(8)14(4)16(6)20(10)24(22)27(30)32-12-2/h11-12H2,1-10H3. The van der Waals surface area contributed by atoms with Gasteiger partial charge in [0.1, 0.15) is 0 Å². The summed E-state index contributed by atoms with van der Waals surface area (Å²) in [7, 11) is 0. The van der Waals surface area contributed by atoms with E-state index in [1.54, 1.807) is 13.8 Å². The molecule has 2 aromatic carbocycles. The Kier molecular flexibility index (Phi) is 7.66. The number of ether oxygens (including phenoxy) is 2. The van der Waals surface area contributed by atoms with Crippen molar-refractivity contribution in [1.29, 1.82) is 0 Å². The predicted octanol–water partition coefficient (Wildman–Crippen LogP) is 5.74. The fourth-order valence-electron chi connectivity index (χ4n) is 4.23. The van der Waals surface area contributed by atoms with Gasteiger partial charge in [-0.25, -0.2) is 9.59 Å².